The minimum Gasteiger partial charge on any atom is -0.478 e. The van der Waals surface area contributed by atoms with Crippen molar-refractivity contribution in [2.45, 2.75) is 11.1 Å². The molecule has 0 aromatic heterocycles. The van der Waals surface area contributed by atoms with Crippen molar-refractivity contribution in [3.8, 4) is 0 Å². The van der Waals surface area contributed by atoms with Gasteiger partial charge in [-0.05, 0) is 18.2 Å². The molecule has 0 aliphatic rings. The molecule has 0 saturated heterocycles. The highest BCUT2D eigenvalue weighted by atomic mass is 32.2. The highest BCUT2D eigenvalue weighted by Crippen LogP contribution is 2.18. The molecule has 0 saturated carbocycles. The summed E-state index contributed by atoms with van der Waals surface area (Å²) in [6.07, 6.45) is -4.59. The van der Waals surface area contributed by atoms with Crippen LogP contribution >= 0.6 is 0 Å². The maximum absolute atomic E-state index is 13.5. The summed E-state index contributed by atoms with van der Waals surface area (Å²) in [6.45, 7) is -2.37. The lowest BCUT2D eigenvalue weighted by Gasteiger charge is -2.09. The van der Waals surface area contributed by atoms with Crippen LogP contribution in [0.1, 0.15) is 10.4 Å². The molecular formula is C11H10F4O5S. The fourth-order valence-electron chi connectivity index (χ4n) is 1.35. The second-order valence-electron chi connectivity index (χ2n) is 3.94. The van der Waals surface area contributed by atoms with Crippen molar-refractivity contribution < 1.29 is 40.6 Å². The lowest BCUT2D eigenvalue weighted by atomic mass is 10.2. The Morgan fingerprint density at radius 2 is 1.90 bits per heavy atom. The van der Waals surface area contributed by atoms with E-state index in [1.807, 2.05) is 0 Å². The molecule has 118 valence electrons. The minimum absolute atomic E-state index is 0.445. The van der Waals surface area contributed by atoms with Gasteiger partial charge in [0.1, 0.15) is 17.3 Å². The first kappa shape index (κ1) is 17.4. The first-order valence-electron chi connectivity index (χ1n) is 5.43. The van der Waals surface area contributed by atoms with Gasteiger partial charge in [0, 0.05) is 0 Å². The van der Waals surface area contributed by atoms with E-state index in [4.69, 9.17) is 5.11 Å². The van der Waals surface area contributed by atoms with Gasteiger partial charge in [-0.25, -0.2) is 17.6 Å². The highest BCUT2D eigenvalue weighted by Gasteiger charge is 2.28. The van der Waals surface area contributed by atoms with Gasteiger partial charge >= 0.3 is 12.1 Å². The van der Waals surface area contributed by atoms with Crippen LogP contribution in [0.5, 0.6) is 0 Å². The molecule has 1 aromatic rings. The van der Waals surface area contributed by atoms with Gasteiger partial charge in [-0.1, -0.05) is 0 Å². The summed E-state index contributed by atoms with van der Waals surface area (Å²) in [5.41, 5.74) is -0.445. The van der Waals surface area contributed by atoms with Gasteiger partial charge in [0.15, 0.2) is 9.84 Å². The number of aromatic carboxylic acids is 1. The number of rotatable bonds is 6. The highest BCUT2D eigenvalue weighted by molar-refractivity contribution is 7.91. The molecule has 0 radical (unpaired) electrons. The van der Waals surface area contributed by atoms with E-state index >= 15 is 0 Å². The van der Waals surface area contributed by atoms with Crippen LogP contribution in [0.15, 0.2) is 23.1 Å². The Labute approximate surface area is 117 Å². The van der Waals surface area contributed by atoms with Crippen LogP contribution < -0.4 is 0 Å². The van der Waals surface area contributed by atoms with Crippen LogP contribution in [-0.2, 0) is 14.6 Å². The molecular weight excluding hydrogens is 320 g/mol. The van der Waals surface area contributed by atoms with Crippen LogP contribution in [0.3, 0.4) is 0 Å². The predicted molar refractivity (Wildman–Crippen MR) is 62.3 cm³/mol. The molecule has 21 heavy (non-hydrogen) atoms. The van der Waals surface area contributed by atoms with E-state index in [0.29, 0.717) is 6.07 Å². The van der Waals surface area contributed by atoms with Crippen molar-refractivity contribution in [2.75, 3.05) is 19.0 Å². The van der Waals surface area contributed by atoms with Crippen molar-refractivity contribution in [3.05, 3.63) is 29.6 Å². The van der Waals surface area contributed by atoms with Gasteiger partial charge in [-0.2, -0.15) is 13.2 Å². The lowest BCUT2D eigenvalue weighted by Crippen LogP contribution is -2.21. The predicted octanol–water partition coefficient (Wildman–Crippen LogP) is 1.88. The molecule has 5 nitrogen and oxygen atoms in total. The van der Waals surface area contributed by atoms with E-state index in [2.05, 4.69) is 4.74 Å². The third kappa shape index (κ3) is 5.31. The summed E-state index contributed by atoms with van der Waals surface area (Å²) >= 11 is 0. The third-order valence-electron chi connectivity index (χ3n) is 2.28. The van der Waals surface area contributed by atoms with E-state index in [1.54, 1.807) is 0 Å². The Bertz CT molecular complexity index is 624. The SMILES string of the molecule is O=C(O)c1ccc(S(=O)(=O)CCOCC(F)(F)F)c(F)c1. The zero-order valence-electron chi connectivity index (χ0n) is 10.4. The van der Waals surface area contributed by atoms with E-state index in [9.17, 15) is 30.8 Å². The Morgan fingerprint density at radius 3 is 2.38 bits per heavy atom. The summed E-state index contributed by atoms with van der Waals surface area (Å²) < 4.78 is 76.5. The van der Waals surface area contributed by atoms with E-state index in [1.165, 1.54) is 0 Å². The van der Waals surface area contributed by atoms with Gasteiger partial charge in [-0.15, -0.1) is 0 Å². The van der Waals surface area contributed by atoms with Crippen LogP contribution in [0.4, 0.5) is 17.6 Å². The first-order valence-corrected chi connectivity index (χ1v) is 7.08. The summed E-state index contributed by atoms with van der Waals surface area (Å²) in [5.74, 6) is -3.58. The van der Waals surface area contributed by atoms with Crippen LogP contribution in [0.2, 0.25) is 0 Å². The Balaban J connectivity index is 2.77. The van der Waals surface area contributed by atoms with Gasteiger partial charge in [0.05, 0.1) is 17.9 Å². The van der Waals surface area contributed by atoms with Gasteiger partial charge < -0.3 is 9.84 Å². The molecule has 0 spiro atoms. The Kier molecular flexibility index (Phi) is 5.29. The summed E-state index contributed by atoms with van der Waals surface area (Å²) in [5, 5.41) is 8.61. The molecule has 0 bridgehead atoms. The van der Waals surface area contributed by atoms with Gasteiger partial charge in [0.25, 0.3) is 0 Å². The number of carboxylic acids is 1. The van der Waals surface area contributed by atoms with Crippen molar-refractivity contribution in [1.82, 2.24) is 0 Å². The molecule has 0 aliphatic heterocycles. The maximum atomic E-state index is 13.5. The molecule has 1 rings (SSSR count). The van der Waals surface area contributed by atoms with Gasteiger partial charge in [-0.3, -0.25) is 0 Å². The lowest BCUT2D eigenvalue weighted by molar-refractivity contribution is -0.172. The standard InChI is InChI=1S/C11H10F4O5S/c12-8-5-7(10(16)17)1-2-9(8)21(18,19)4-3-20-6-11(13,14)15/h1-2,5H,3-4,6H2,(H,16,17). The largest absolute Gasteiger partial charge is 0.478 e. The summed E-state index contributed by atoms with van der Waals surface area (Å²) in [7, 11) is -4.21. The molecule has 0 unspecified atom stereocenters. The number of hydrogen-bond donors (Lipinski definition) is 1. The smallest absolute Gasteiger partial charge is 0.411 e. The monoisotopic (exact) mass is 330 g/mol. The van der Waals surface area contributed by atoms with E-state index in [0.717, 1.165) is 12.1 Å². The van der Waals surface area contributed by atoms with Crippen LogP contribution in [0, 0.1) is 5.82 Å². The number of carboxylic acid groups (broad SMARTS) is 1. The summed E-state index contributed by atoms with van der Waals surface area (Å²) in [4.78, 5) is 9.79. The minimum atomic E-state index is -4.59. The number of carbonyl (C=O) groups is 1. The van der Waals surface area contributed by atoms with Crippen molar-refractivity contribution in [1.29, 1.82) is 0 Å². The average Bonchev–Trinajstić information content (AvgIpc) is 2.33. The fourth-order valence-corrected chi connectivity index (χ4v) is 2.54. The normalized spacial score (nSPS) is 12.4. The molecule has 0 atom stereocenters. The maximum Gasteiger partial charge on any atom is 0.411 e. The zero-order valence-corrected chi connectivity index (χ0v) is 11.2. The quantitative estimate of drug-likeness (QED) is 0.636. The fraction of sp³-hybridized carbons (Fsp3) is 0.364. The Hall–Kier alpha value is -1.68. The number of benzene rings is 1. The van der Waals surface area contributed by atoms with Gasteiger partial charge in [0.2, 0.25) is 0 Å². The Morgan fingerprint density at radius 1 is 1.29 bits per heavy atom. The van der Waals surface area contributed by atoms with E-state index < -0.39 is 57.2 Å². The first-order chi connectivity index (χ1) is 9.53. The number of ether oxygens (including phenoxy) is 1. The molecule has 1 aromatic carbocycles. The van der Waals surface area contributed by atoms with E-state index in [-0.39, 0.29) is 0 Å². The number of hydrogen-bond acceptors (Lipinski definition) is 4. The molecule has 0 aliphatic carbocycles. The number of sulfone groups is 1. The topological polar surface area (TPSA) is 80.7 Å². The molecule has 0 fully saturated rings. The van der Waals surface area contributed by atoms with Crippen molar-refractivity contribution in [2.24, 2.45) is 0 Å². The molecule has 0 heterocycles. The van der Waals surface area contributed by atoms with Crippen LogP contribution in [-0.4, -0.2) is 44.6 Å². The van der Waals surface area contributed by atoms with Crippen molar-refractivity contribution in [3.63, 3.8) is 0 Å². The second-order valence-corrected chi connectivity index (χ2v) is 6.01. The molecule has 0 amide bonds. The number of alkyl halides is 3. The summed E-state index contributed by atoms with van der Waals surface area (Å²) in [6, 6.07) is 2.15. The number of halogens is 4. The second kappa shape index (κ2) is 6.39. The zero-order chi connectivity index (χ0) is 16.3. The van der Waals surface area contributed by atoms with Crippen molar-refractivity contribution >= 4 is 15.8 Å². The average molecular weight is 330 g/mol. The molecule has 1 N–H and O–H groups in total. The molecule has 10 heteroatoms. The van der Waals surface area contributed by atoms with Crippen LogP contribution in [0.25, 0.3) is 0 Å². The third-order valence-corrected chi connectivity index (χ3v) is 3.98.